The van der Waals surface area contributed by atoms with Gasteiger partial charge in [0.05, 0.1) is 24.1 Å². The molecule has 0 saturated carbocycles. The quantitative estimate of drug-likeness (QED) is 0.340. The molecule has 0 radical (unpaired) electrons. The molecule has 1 saturated heterocycles. The molecule has 38 heavy (non-hydrogen) atoms. The molecule has 0 N–H and O–H groups in total. The van der Waals surface area contributed by atoms with Crippen molar-refractivity contribution < 1.29 is 9.18 Å². The second-order valence-electron chi connectivity index (χ2n) is 9.71. The van der Waals surface area contributed by atoms with E-state index in [9.17, 15) is 9.18 Å². The molecule has 6 rings (SSSR count). The molecular formula is C32H29FN4O. The Kier molecular flexibility index (Phi) is 6.82. The Morgan fingerprint density at radius 2 is 1.37 bits per heavy atom. The lowest BCUT2D eigenvalue weighted by molar-refractivity contribution is -0.112. The first-order valence-corrected chi connectivity index (χ1v) is 13.0. The van der Waals surface area contributed by atoms with Gasteiger partial charge in [0.1, 0.15) is 11.5 Å². The van der Waals surface area contributed by atoms with Gasteiger partial charge in [-0.2, -0.15) is 0 Å². The van der Waals surface area contributed by atoms with Gasteiger partial charge in [0.15, 0.2) is 0 Å². The number of hydrogen-bond acceptors (Lipinski definition) is 4. The monoisotopic (exact) mass is 504 g/mol. The molecule has 190 valence electrons. The molecule has 6 heteroatoms. The first-order valence-electron chi connectivity index (χ1n) is 13.0. The number of amides is 1. The zero-order valence-electron chi connectivity index (χ0n) is 21.1. The van der Waals surface area contributed by atoms with Gasteiger partial charge in [-0.25, -0.2) is 9.38 Å². The van der Waals surface area contributed by atoms with Crippen molar-refractivity contribution >= 4 is 23.0 Å². The van der Waals surface area contributed by atoms with Crippen molar-refractivity contribution in [1.82, 2.24) is 9.80 Å². The molecule has 5 nitrogen and oxygen atoms in total. The fourth-order valence-corrected chi connectivity index (χ4v) is 5.43. The maximum atomic E-state index is 13.7. The van der Waals surface area contributed by atoms with E-state index in [-0.39, 0.29) is 17.8 Å². The highest BCUT2D eigenvalue weighted by atomic mass is 19.1. The molecule has 0 aromatic heterocycles. The maximum Gasteiger partial charge on any atom is 0.278 e. The van der Waals surface area contributed by atoms with Crippen LogP contribution in [0.5, 0.6) is 0 Å². The van der Waals surface area contributed by atoms with Crippen molar-refractivity contribution in [3.05, 3.63) is 132 Å². The molecule has 2 aliphatic rings. The number of para-hydroxylation sites is 1. The van der Waals surface area contributed by atoms with Gasteiger partial charge in [-0.05, 0) is 35.4 Å². The Labute approximate surface area is 222 Å². The topological polar surface area (TPSA) is 39.2 Å². The van der Waals surface area contributed by atoms with Crippen molar-refractivity contribution in [2.75, 3.05) is 37.7 Å². The van der Waals surface area contributed by atoms with Gasteiger partial charge >= 0.3 is 0 Å². The van der Waals surface area contributed by atoms with Crippen LogP contribution >= 0.6 is 0 Å². The highest BCUT2D eigenvalue weighted by Gasteiger charge is 2.36. The van der Waals surface area contributed by atoms with Crippen molar-refractivity contribution in [1.29, 1.82) is 0 Å². The summed E-state index contributed by atoms with van der Waals surface area (Å²) in [5.74, 6) is -0.519. The van der Waals surface area contributed by atoms with Crippen molar-refractivity contribution in [2.45, 2.75) is 6.04 Å². The number of nitrogens with zero attached hydrogens (tertiary/aromatic N) is 4. The first-order chi connectivity index (χ1) is 18.7. The van der Waals surface area contributed by atoms with Crippen LogP contribution in [0.25, 0.3) is 0 Å². The molecule has 2 heterocycles. The second-order valence-corrected chi connectivity index (χ2v) is 9.71. The molecule has 0 atom stereocenters. The average molecular weight is 505 g/mol. The summed E-state index contributed by atoms with van der Waals surface area (Å²) in [4.78, 5) is 24.7. The van der Waals surface area contributed by atoms with Crippen LogP contribution in [0, 0.1) is 5.82 Å². The van der Waals surface area contributed by atoms with Crippen molar-refractivity contribution in [2.24, 2.45) is 4.99 Å². The lowest BCUT2D eigenvalue weighted by Gasteiger charge is -2.40. The minimum atomic E-state index is -0.371. The third kappa shape index (κ3) is 4.88. The normalized spacial score (nSPS) is 17.4. The summed E-state index contributed by atoms with van der Waals surface area (Å²) in [6.07, 6.45) is 0. The Bertz CT molecular complexity index is 1410. The van der Waals surface area contributed by atoms with E-state index < -0.39 is 0 Å². The van der Waals surface area contributed by atoms with E-state index in [0.29, 0.717) is 18.1 Å². The Hall–Kier alpha value is -4.13. The number of carbonyl (C=O) groups excluding carboxylic acids is 1. The van der Waals surface area contributed by atoms with Crippen molar-refractivity contribution in [3.63, 3.8) is 0 Å². The van der Waals surface area contributed by atoms with E-state index in [2.05, 4.69) is 75.5 Å². The van der Waals surface area contributed by atoms with E-state index in [1.165, 1.54) is 23.3 Å². The smallest absolute Gasteiger partial charge is 0.278 e. The minimum Gasteiger partial charge on any atom is -0.293 e. The molecule has 0 aliphatic carbocycles. The van der Waals surface area contributed by atoms with Crippen LogP contribution in [0.15, 0.2) is 114 Å². The summed E-state index contributed by atoms with van der Waals surface area (Å²) in [5, 5.41) is 0. The lowest BCUT2D eigenvalue weighted by atomic mass is 9.96. The molecular weight excluding hydrogens is 475 g/mol. The molecule has 0 bridgehead atoms. The third-order valence-electron chi connectivity index (χ3n) is 7.29. The number of benzene rings is 4. The van der Waals surface area contributed by atoms with Gasteiger partial charge in [0.25, 0.3) is 5.91 Å². The van der Waals surface area contributed by atoms with Gasteiger partial charge in [-0.3, -0.25) is 19.5 Å². The number of carbonyl (C=O) groups is 1. The SMILES string of the molecule is O=C1C(=Nc2cccc(F)c2)c2ccccc2N1CN1CCN(C(c2ccccc2)c2ccccc2)CC1. The van der Waals surface area contributed by atoms with E-state index in [0.717, 1.165) is 37.4 Å². The van der Waals surface area contributed by atoms with Crippen LogP contribution < -0.4 is 4.90 Å². The molecule has 4 aromatic rings. The minimum absolute atomic E-state index is 0.149. The summed E-state index contributed by atoms with van der Waals surface area (Å²) in [6.45, 7) is 3.97. The zero-order valence-corrected chi connectivity index (χ0v) is 21.1. The maximum absolute atomic E-state index is 13.7. The molecule has 1 amide bonds. The van der Waals surface area contributed by atoms with Gasteiger partial charge in [0, 0.05) is 31.7 Å². The van der Waals surface area contributed by atoms with Gasteiger partial charge in [-0.15, -0.1) is 0 Å². The fourth-order valence-electron chi connectivity index (χ4n) is 5.43. The summed E-state index contributed by atoms with van der Waals surface area (Å²) in [5.41, 5.74) is 5.00. The van der Waals surface area contributed by atoms with E-state index >= 15 is 0 Å². The van der Waals surface area contributed by atoms with Crippen LogP contribution in [-0.2, 0) is 4.79 Å². The number of anilines is 1. The number of rotatable bonds is 6. The first kappa shape index (κ1) is 24.2. The Balaban J connectivity index is 1.19. The van der Waals surface area contributed by atoms with Gasteiger partial charge < -0.3 is 0 Å². The largest absolute Gasteiger partial charge is 0.293 e. The van der Waals surface area contributed by atoms with Crippen molar-refractivity contribution in [3.8, 4) is 0 Å². The van der Waals surface area contributed by atoms with Gasteiger partial charge in [-0.1, -0.05) is 84.9 Å². The highest BCUT2D eigenvalue weighted by Crippen LogP contribution is 2.32. The van der Waals surface area contributed by atoms with Gasteiger partial charge in [0.2, 0.25) is 0 Å². The summed E-state index contributed by atoms with van der Waals surface area (Å²) in [6, 6.07) is 35.2. The predicted molar refractivity (Wildman–Crippen MR) is 149 cm³/mol. The molecule has 0 spiro atoms. The molecule has 2 aliphatic heterocycles. The van der Waals surface area contributed by atoms with Crippen LogP contribution in [0.3, 0.4) is 0 Å². The van der Waals surface area contributed by atoms with E-state index in [4.69, 9.17) is 0 Å². The summed E-state index contributed by atoms with van der Waals surface area (Å²) < 4.78 is 13.7. The van der Waals surface area contributed by atoms with E-state index in [1.54, 1.807) is 17.0 Å². The fraction of sp³-hybridized carbons (Fsp3) is 0.188. The predicted octanol–water partition coefficient (Wildman–Crippen LogP) is 5.66. The van der Waals surface area contributed by atoms with Crippen LogP contribution in [-0.4, -0.2) is 54.3 Å². The molecule has 0 unspecified atom stereocenters. The lowest BCUT2D eigenvalue weighted by Crippen LogP contribution is -2.51. The zero-order chi connectivity index (χ0) is 25.9. The summed E-state index contributed by atoms with van der Waals surface area (Å²) >= 11 is 0. The van der Waals surface area contributed by atoms with E-state index in [1.807, 2.05) is 24.3 Å². The highest BCUT2D eigenvalue weighted by molar-refractivity contribution is 6.54. The Morgan fingerprint density at radius 3 is 2.03 bits per heavy atom. The number of hydrogen-bond donors (Lipinski definition) is 0. The number of piperazine rings is 1. The van der Waals surface area contributed by atoms with Crippen LogP contribution in [0.4, 0.5) is 15.8 Å². The van der Waals surface area contributed by atoms with Crippen LogP contribution in [0.2, 0.25) is 0 Å². The second kappa shape index (κ2) is 10.7. The summed E-state index contributed by atoms with van der Waals surface area (Å²) in [7, 11) is 0. The molecule has 1 fully saturated rings. The number of halogens is 1. The number of aliphatic imine (C=N–C) groups is 1. The van der Waals surface area contributed by atoms with Crippen LogP contribution in [0.1, 0.15) is 22.7 Å². The third-order valence-corrected chi connectivity index (χ3v) is 7.29. The standard InChI is InChI=1S/C32H29FN4O/c33-26-14-9-15-27(22-26)34-30-28-16-7-8-17-29(28)37(32(30)38)23-35-18-20-36(21-19-35)31(24-10-3-1-4-11-24)25-12-5-2-6-13-25/h1-17,22,31H,18-21,23H2. The Morgan fingerprint density at radius 1 is 0.737 bits per heavy atom. The molecule has 4 aromatic carbocycles. The average Bonchev–Trinajstić information content (AvgIpc) is 3.21. The number of fused-ring (bicyclic) bond motifs is 1.